The molecule has 1 aliphatic heterocycles. The largest absolute Gasteiger partial charge is 0.488 e. The average Bonchev–Trinajstić information content (AvgIpc) is 3.35. The Morgan fingerprint density at radius 1 is 1.10 bits per heavy atom. The molecule has 2 atom stereocenters. The summed E-state index contributed by atoms with van der Waals surface area (Å²) in [7, 11) is -3.96. The van der Waals surface area contributed by atoms with Crippen molar-refractivity contribution in [3.05, 3.63) is 77.8 Å². The average molecular weight is 413 g/mol. The zero-order valence-corrected chi connectivity index (χ0v) is 16.4. The van der Waals surface area contributed by atoms with Crippen molar-refractivity contribution in [2.45, 2.75) is 35.6 Å². The van der Waals surface area contributed by atoms with Gasteiger partial charge in [0.15, 0.2) is 4.87 Å². The van der Waals surface area contributed by atoms with Crippen molar-refractivity contribution in [3.63, 3.8) is 0 Å². The second-order valence-electron chi connectivity index (χ2n) is 7.20. The van der Waals surface area contributed by atoms with Gasteiger partial charge in [-0.25, -0.2) is 12.8 Å². The molecule has 0 spiro atoms. The SMILES string of the molecule is O=C1CCCC1C1(S(=O)(=O)c2ccccc2)C=C(OCc2ccc(F)cc2)C=N1. The Morgan fingerprint density at radius 3 is 2.48 bits per heavy atom. The lowest BCUT2D eigenvalue weighted by molar-refractivity contribution is -0.121. The van der Waals surface area contributed by atoms with Gasteiger partial charge >= 0.3 is 0 Å². The van der Waals surface area contributed by atoms with Crippen LogP contribution in [0.15, 0.2) is 76.3 Å². The Bertz CT molecular complexity index is 1080. The summed E-state index contributed by atoms with van der Waals surface area (Å²) < 4.78 is 45.9. The quantitative estimate of drug-likeness (QED) is 0.721. The first-order chi connectivity index (χ1) is 13.9. The highest BCUT2D eigenvalue weighted by Crippen LogP contribution is 2.44. The minimum absolute atomic E-state index is 0.0994. The van der Waals surface area contributed by atoms with Gasteiger partial charge in [-0.05, 0) is 42.7 Å². The predicted octanol–water partition coefficient (Wildman–Crippen LogP) is 3.85. The fourth-order valence-electron chi connectivity index (χ4n) is 3.84. The summed E-state index contributed by atoms with van der Waals surface area (Å²) in [6.07, 6.45) is 4.28. The number of Topliss-reactive ketones (excluding diaryl/α,β-unsaturated/α-hetero) is 1. The number of hydrogen-bond acceptors (Lipinski definition) is 5. The summed E-state index contributed by atoms with van der Waals surface area (Å²) in [5, 5.41) is 0. The molecule has 0 saturated heterocycles. The molecular formula is C22H20FNO4S. The van der Waals surface area contributed by atoms with Gasteiger partial charge in [-0.3, -0.25) is 9.79 Å². The lowest BCUT2D eigenvalue weighted by atomic mass is 9.97. The van der Waals surface area contributed by atoms with Gasteiger partial charge < -0.3 is 4.74 Å². The fourth-order valence-corrected chi connectivity index (χ4v) is 5.82. The summed E-state index contributed by atoms with van der Waals surface area (Å²) in [4.78, 5) is 15.3. The maximum Gasteiger partial charge on any atom is 0.208 e. The van der Waals surface area contributed by atoms with Crippen LogP contribution in [0.1, 0.15) is 24.8 Å². The van der Waals surface area contributed by atoms with Crippen molar-refractivity contribution in [2.75, 3.05) is 0 Å². The lowest BCUT2D eigenvalue weighted by Gasteiger charge is -2.29. The number of nitrogens with zero attached hydrogens (tertiary/aromatic N) is 1. The van der Waals surface area contributed by atoms with Gasteiger partial charge in [-0.1, -0.05) is 30.3 Å². The molecule has 2 unspecified atom stereocenters. The molecule has 0 N–H and O–H groups in total. The van der Waals surface area contributed by atoms with Gasteiger partial charge in [0, 0.05) is 12.5 Å². The van der Waals surface area contributed by atoms with E-state index in [0.717, 1.165) is 5.56 Å². The van der Waals surface area contributed by atoms with Crippen molar-refractivity contribution in [1.29, 1.82) is 0 Å². The molecule has 2 aromatic rings. The molecule has 7 heteroatoms. The molecule has 2 aliphatic rings. The van der Waals surface area contributed by atoms with Crippen LogP contribution >= 0.6 is 0 Å². The zero-order valence-electron chi connectivity index (χ0n) is 15.6. The number of carbonyl (C=O) groups excluding carboxylic acids is 1. The van der Waals surface area contributed by atoms with Crippen LogP contribution in [0.2, 0.25) is 0 Å². The minimum atomic E-state index is -3.96. The summed E-state index contributed by atoms with van der Waals surface area (Å²) in [5.74, 6) is -0.898. The second-order valence-corrected chi connectivity index (χ2v) is 9.33. The van der Waals surface area contributed by atoms with Crippen LogP contribution in [0.25, 0.3) is 0 Å². The maximum absolute atomic E-state index is 13.5. The Kier molecular flexibility index (Phi) is 5.08. The standard InChI is InChI=1S/C22H20FNO4S/c23-17-11-9-16(10-12-17)15-28-18-13-22(24-14-18,20-7-4-8-21(20)25)29(26,27)19-5-2-1-3-6-19/h1-3,5-6,9-14,20H,4,7-8,15H2. The van der Waals surface area contributed by atoms with E-state index in [2.05, 4.69) is 4.99 Å². The number of aliphatic imine (C=N–C) groups is 1. The molecule has 0 amide bonds. The monoisotopic (exact) mass is 413 g/mol. The number of ketones is 1. The number of rotatable bonds is 6. The number of carbonyl (C=O) groups is 1. The van der Waals surface area contributed by atoms with E-state index in [1.807, 2.05) is 0 Å². The molecular weight excluding hydrogens is 393 g/mol. The van der Waals surface area contributed by atoms with Crippen molar-refractivity contribution in [3.8, 4) is 0 Å². The molecule has 2 aromatic carbocycles. The third-order valence-electron chi connectivity index (χ3n) is 5.35. The van der Waals surface area contributed by atoms with E-state index in [0.29, 0.717) is 19.3 Å². The van der Waals surface area contributed by atoms with Gasteiger partial charge in [0.05, 0.1) is 17.0 Å². The van der Waals surface area contributed by atoms with Crippen molar-refractivity contribution in [1.82, 2.24) is 0 Å². The highest BCUT2D eigenvalue weighted by molar-refractivity contribution is 7.93. The molecule has 0 radical (unpaired) electrons. The van der Waals surface area contributed by atoms with Crippen LogP contribution in [0.5, 0.6) is 0 Å². The molecule has 4 rings (SSSR count). The van der Waals surface area contributed by atoms with Gasteiger partial charge in [0.1, 0.15) is 24.0 Å². The maximum atomic E-state index is 13.5. The van der Waals surface area contributed by atoms with Crippen molar-refractivity contribution < 1.29 is 22.3 Å². The third kappa shape index (κ3) is 3.51. The van der Waals surface area contributed by atoms with Crippen LogP contribution in [-0.4, -0.2) is 25.3 Å². The topological polar surface area (TPSA) is 72.8 Å². The van der Waals surface area contributed by atoms with E-state index in [1.165, 1.54) is 36.6 Å². The first-order valence-electron chi connectivity index (χ1n) is 9.40. The summed E-state index contributed by atoms with van der Waals surface area (Å²) in [5.41, 5.74) is 0.737. The van der Waals surface area contributed by atoms with Crippen molar-refractivity contribution >= 4 is 21.8 Å². The molecule has 1 aliphatic carbocycles. The van der Waals surface area contributed by atoms with Crippen LogP contribution in [0, 0.1) is 11.7 Å². The number of ether oxygens (including phenoxy) is 1. The van der Waals surface area contributed by atoms with E-state index >= 15 is 0 Å². The molecule has 1 saturated carbocycles. The lowest BCUT2D eigenvalue weighted by Crippen LogP contribution is -2.43. The third-order valence-corrected chi connectivity index (χ3v) is 7.61. The van der Waals surface area contributed by atoms with Gasteiger partial charge in [0.2, 0.25) is 9.84 Å². The van der Waals surface area contributed by atoms with E-state index in [4.69, 9.17) is 4.74 Å². The van der Waals surface area contributed by atoms with E-state index in [1.54, 1.807) is 30.3 Å². The fraction of sp³-hybridized carbons (Fsp3) is 0.273. The normalized spacial score (nSPS) is 24.0. The predicted molar refractivity (Wildman–Crippen MR) is 106 cm³/mol. The Hall–Kier alpha value is -2.80. The second kappa shape index (κ2) is 7.55. The summed E-state index contributed by atoms with van der Waals surface area (Å²) in [6.45, 7) is 0.137. The number of allylic oxidation sites excluding steroid dienone is 1. The summed E-state index contributed by atoms with van der Waals surface area (Å²) >= 11 is 0. The first kappa shape index (κ1) is 19.5. The highest BCUT2D eigenvalue weighted by atomic mass is 32.2. The van der Waals surface area contributed by atoms with Crippen LogP contribution in [0.3, 0.4) is 0 Å². The number of halogens is 1. The Labute approximate surface area is 168 Å². The van der Waals surface area contributed by atoms with Gasteiger partial charge in [-0.2, -0.15) is 0 Å². The number of benzene rings is 2. The smallest absolute Gasteiger partial charge is 0.208 e. The zero-order chi connectivity index (χ0) is 20.5. The minimum Gasteiger partial charge on any atom is -0.488 e. The Morgan fingerprint density at radius 2 is 1.83 bits per heavy atom. The molecule has 29 heavy (non-hydrogen) atoms. The van der Waals surface area contributed by atoms with E-state index < -0.39 is 20.6 Å². The van der Waals surface area contributed by atoms with Gasteiger partial charge in [-0.15, -0.1) is 0 Å². The van der Waals surface area contributed by atoms with Crippen LogP contribution in [-0.2, 0) is 26.0 Å². The molecule has 5 nitrogen and oxygen atoms in total. The number of hydrogen-bond donors (Lipinski definition) is 0. The molecule has 1 fully saturated rings. The highest BCUT2D eigenvalue weighted by Gasteiger charge is 2.55. The first-order valence-corrected chi connectivity index (χ1v) is 10.9. The van der Waals surface area contributed by atoms with Crippen LogP contribution < -0.4 is 0 Å². The number of sulfone groups is 1. The molecule has 1 heterocycles. The van der Waals surface area contributed by atoms with E-state index in [-0.39, 0.29) is 28.9 Å². The van der Waals surface area contributed by atoms with E-state index in [9.17, 15) is 17.6 Å². The van der Waals surface area contributed by atoms with Crippen molar-refractivity contribution in [2.24, 2.45) is 10.9 Å². The van der Waals surface area contributed by atoms with Gasteiger partial charge in [0.25, 0.3) is 0 Å². The molecule has 0 bridgehead atoms. The Balaban J connectivity index is 1.68. The van der Waals surface area contributed by atoms with Crippen LogP contribution in [0.4, 0.5) is 4.39 Å². The summed E-state index contributed by atoms with van der Waals surface area (Å²) in [6, 6.07) is 13.9. The molecule has 0 aromatic heterocycles. The molecule has 150 valence electrons.